The van der Waals surface area contributed by atoms with Gasteiger partial charge in [-0.2, -0.15) is 0 Å². The van der Waals surface area contributed by atoms with E-state index in [2.05, 4.69) is 5.32 Å². The topological polar surface area (TPSA) is 66.0 Å². The van der Waals surface area contributed by atoms with E-state index < -0.39 is 0 Å². The van der Waals surface area contributed by atoms with Gasteiger partial charge in [-0.15, -0.1) is 0 Å². The maximum atomic E-state index is 12.8. The molecule has 1 atom stereocenters. The minimum Gasteiger partial charge on any atom is -0.490 e. The summed E-state index contributed by atoms with van der Waals surface area (Å²) in [7, 11) is 1.64. The van der Waals surface area contributed by atoms with E-state index in [-0.39, 0.29) is 12.0 Å². The summed E-state index contributed by atoms with van der Waals surface area (Å²) < 4.78 is 22.7. The fourth-order valence-corrected chi connectivity index (χ4v) is 3.08. The molecule has 0 saturated heterocycles. The fraction of sp³-hybridized carbons (Fsp3) is 0.435. The lowest BCUT2D eigenvalue weighted by Crippen LogP contribution is -2.29. The van der Waals surface area contributed by atoms with Crippen LogP contribution in [0.4, 0.5) is 0 Å². The number of methoxy groups -OCH3 is 1. The molecule has 0 spiro atoms. The van der Waals surface area contributed by atoms with Gasteiger partial charge >= 0.3 is 0 Å². The average molecular weight is 402 g/mol. The Bertz CT molecular complexity index is 779. The minimum atomic E-state index is -0.236. The fourth-order valence-electron chi connectivity index (χ4n) is 3.08. The van der Waals surface area contributed by atoms with Crippen molar-refractivity contribution in [2.24, 2.45) is 0 Å². The summed E-state index contributed by atoms with van der Waals surface area (Å²) >= 11 is 0. The Morgan fingerprint density at radius 3 is 2.07 bits per heavy atom. The number of benzene rings is 2. The number of hydrogen-bond acceptors (Lipinski definition) is 5. The Kier molecular flexibility index (Phi) is 8.80. The van der Waals surface area contributed by atoms with Crippen LogP contribution in [0.1, 0.15) is 48.4 Å². The molecule has 0 aliphatic rings. The quantitative estimate of drug-likeness (QED) is 0.608. The van der Waals surface area contributed by atoms with Crippen LogP contribution < -0.4 is 19.5 Å². The highest BCUT2D eigenvalue weighted by Gasteiger charge is 2.20. The summed E-state index contributed by atoms with van der Waals surface area (Å²) in [6.45, 7) is 9.41. The molecule has 29 heavy (non-hydrogen) atoms. The molecule has 1 N–H and O–H groups in total. The zero-order valence-electron chi connectivity index (χ0n) is 17.9. The molecule has 0 aliphatic carbocycles. The molecule has 0 radical (unpaired) electrons. The van der Waals surface area contributed by atoms with Crippen LogP contribution in [0.25, 0.3) is 0 Å². The van der Waals surface area contributed by atoms with Gasteiger partial charge in [0.15, 0.2) is 11.5 Å². The van der Waals surface area contributed by atoms with E-state index >= 15 is 0 Å². The Morgan fingerprint density at radius 2 is 1.55 bits per heavy atom. The lowest BCUT2D eigenvalue weighted by atomic mass is 10.0. The smallest absolute Gasteiger partial charge is 0.251 e. The first-order valence-electron chi connectivity index (χ1n) is 9.98. The van der Waals surface area contributed by atoms with Crippen molar-refractivity contribution in [2.75, 3.05) is 33.5 Å². The third-order valence-corrected chi connectivity index (χ3v) is 4.44. The van der Waals surface area contributed by atoms with Crippen molar-refractivity contribution in [2.45, 2.75) is 33.8 Å². The second kappa shape index (κ2) is 11.3. The molecule has 0 fully saturated rings. The van der Waals surface area contributed by atoms with E-state index in [1.165, 1.54) is 0 Å². The number of hydrogen-bond donors (Lipinski definition) is 1. The lowest BCUT2D eigenvalue weighted by Gasteiger charge is -2.20. The molecule has 6 nitrogen and oxygen atoms in total. The van der Waals surface area contributed by atoms with Crippen LogP contribution in [0.5, 0.6) is 17.2 Å². The highest BCUT2D eigenvalue weighted by Crippen LogP contribution is 2.39. The molecule has 0 aliphatic heterocycles. The molecule has 0 aromatic heterocycles. The molecule has 1 amide bonds. The summed E-state index contributed by atoms with van der Waals surface area (Å²) in [5, 5.41) is 2.95. The number of nitrogens with one attached hydrogen (secondary N) is 1. The van der Waals surface area contributed by atoms with Crippen molar-refractivity contribution < 1.29 is 23.7 Å². The molecule has 0 heterocycles. The van der Waals surface area contributed by atoms with Gasteiger partial charge in [-0.1, -0.05) is 24.3 Å². The first kappa shape index (κ1) is 22.6. The Hall–Kier alpha value is -2.73. The van der Waals surface area contributed by atoms with Gasteiger partial charge in [0.25, 0.3) is 5.91 Å². The van der Waals surface area contributed by atoms with Crippen molar-refractivity contribution >= 4 is 5.91 Å². The molecule has 2 aromatic carbocycles. The van der Waals surface area contributed by atoms with Gasteiger partial charge in [-0.3, -0.25) is 4.79 Å². The molecule has 6 heteroatoms. The largest absolute Gasteiger partial charge is 0.490 e. The van der Waals surface area contributed by atoms with Crippen LogP contribution in [0.2, 0.25) is 0 Å². The van der Waals surface area contributed by atoms with Crippen LogP contribution >= 0.6 is 0 Å². The van der Waals surface area contributed by atoms with Crippen molar-refractivity contribution in [3.8, 4) is 17.2 Å². The third kappa shape index (κ3) is 5.87. The van der Waals surface area contributed by atoms with Gasteiger partial charge in [0.1, 0.15) is 0 Å². The maximum absolute atomic E-state index is 12.8. The predicted molar refractivity (Wildman–Crippen MR) is 113 cm³/mol. The first-order chi connectivity index (χ1) is 14.0. The number of ether oxygens (including phenoxy) is 4. The monoisotopic (exact) mass is 401 g/mol. The highest BCUT2D eigenvalue weighted by atomic mass is 16.5. The van der Waals surface area contributed by atoms with Crippen molar-refractivity contribution in [3.05, 3.63) is 53.1 Å². The van der Waals surface area contributed by atoms with Gasteiger partial charge in [0.05, 0.1) is 25.9 Å². The normalized spacial score (nSPS) is 11.6. The molecule has 0 saturated carbocycles. The number of carbonyl (C=O) groups excluding carboxylic acids is 1. The summed E-state index contributed by atoms with van der Waals surface area (Å²) in [4.78, 5) is 12.8. The number of amides is 1. The standard InChI is InChI=1S/C23H31NO5/c1-6-27-19-13-17(14-20(28-7-2)22(19)29-8-3)23(25)24-15-21(26-5)18-12-10-9-11-16(18)4/h9-14,21H,6-8,15H2,1-5H3,(H,24,25). The summed E-state index contributed by atoms with van der Waals surface area (Å²) in [6, 6.07) is 11.3. The predicted octanol–water partition coefficient (Wildman–Crippen LogP) is 4.31. The van der Waals surface area contributed by atoms with Crippen LogP contribution in [-0.4, -0.2) is 39.4 Å². The van der Waals surface area contributed by atoms with Gasteiger partial charge < -0.3 is 24.3 Å². The maximum Gasteiger partial charge on any atom is 0.251 e. The highest BCUT2D eigenvalue weighted by molar-refractivity contribution is 5.95. The minimum absolute atomic E-state index is 0.231. The van der Waals surface area contributed by atoms with Crippen molar-refractivity contribution in [1.29, 1.82) is 0 Å². The van der Waals surface area contributed by atoms with E-state index in [0.717, 1.165) is 11.1 Å². The van der Waals surface area contributed by atoms with E-state index in [4.69, 9.17) is 18.9 Å². The van der Waals surface area contributed by atoms with Crippen LogP contribution in [0.15, 0.2) is 36.4 Å². The number of carbonyl (C=O) groups is 1. The van der Waals surface area contributed by atoms with E-state index in [1.807, 2.05) is 52.0 Å². The Labute approximate surface area is 173 Å². The second-order valence-corrected chi connectivity index (χ2v) is 6.39. The van der Waals surface area contributed by atoms with Gasteiger partial charge in [0.2, 0.25) is 5.75 Å². The second-order valence-electron chi connectivity index (χ2n) is 6.39. The third-order valence-electron chi connectivity index (χ3n) is 4.44. The molecule has 1 unspecified atom stereocenters. The van der Waals surface area contributed by atoms with Gasteiger partial charge in [0, 0.05) is 19.2 Å². The van der Waals surface area contributed by atoms with Gasteiger partial charge in [-0.05, 0) is 51.0 Å². The van der Waals surface area contributed by atoms with Crippen LogP contribution in [-0.2, 0) is 4.74 Å². The average Bonchev–Trinajstić information content (AvgIpc) is 2.72. The zero-order chi connectivity index (χ0) is 21.2. The Morgan fingerprint density at radius 1 is 0.966 bits per heavy atom. The van der Waals surface area contributed by atoms with E-state index in [9.17, 15) is 4.79 Å². The first-order valence-corrected chi connectivity index (χ1v) is 9.98. The Balaban J connectivity index is 2.23. The van der Waals surface area contributed by atoms with Crippen molar-refractivity contribution in [1.82, 2.24) is 5.32 Å². The lowest BCUT2D eigenvalue weighted by molar-refractivity contribution is 0.0825. The zero-order valence-corrected chi connectivity index (χ0v) is 17.9. The van der Waals surface area contributed by atoms with Crippen molar-refractivity contribution in [3.63, 3.8) is 0 Å². The number of rotatable bonds is 11. The van der Waals surface area contributed by atoms with Crippen LogP contribution in [0, 0.1) is 6.92 Å². The summed E-state index contributed by atoms with van der Waals surface area (Å²) in [5.74, 6) is 1.27. The molecule has 2 rings (SSSR count). The molecular formula is C23H31NO5. The number of aryl methyl sites for hydroxylation is 1. The molecular weight excluding hydrogens is 370 g/mol. The summed E-state index contributed by atoms with van der Waals surface area (Å²) in [6.07, 6.45) is -0.236. The van der Waals surface area contributed by atoms with Gasteiger partial charge in [-0.25, -0.2) is 0 Å². The molecule has 0 bridgehead atoms. The molecule has 158 valence electrons. The van der Waals surface area contributed by atoms with E-state index in [1.54, 1.807) is 19.2 Å². The SMILES string of the molecule is CCOc1cc(C(=O)NCC(OC)c2ccccc2C)cc(OCC)c1OCC. The van der Waals surface area contributed by atoms with E-state index in [0.29, 0.717) is 49.2 Å². The van der Waals surface area contributed by atoms with Crippen LogP contribution in [0.3, 0.4) is 0 Å². The summed E-state index contributed by atoms with van der Waals surface area (Å²) in [5.41, 5.74) is 2.61. The molecule has 2 aromatic rings.